The van der Waals surface area contributed by atoms with Gasteiger partial charge < -0.3 is 14.1 Å². The van der Waals surface area contributed by atoms with Crippen LogP contribution in [0.25, 0.3) is 0 Å². The van der Waals surface area contributed by atoms with Crippen LogP contribution in [0.3, 0.4) is 0 Å². The third-order valence-corrected chi connectivity index (χ3v) is 2.54. The first-order valence-corrected chi connectivity index (χ1v) is 5.79. The van der Waals surface area contributed by atoms with Crippen LogP contribution in [0.4, 0.5) is 0 Å². The second-order valence-corrected chi connectivity index (χ2v) is 5.11. The SMILES string of the molecule is [CH2-]C(=O)OCCC[N+](C)(C)CCCN(C)C.[Na+]. The van der Waals surface area contributed by atoms with E-state index in [0.717, 1.165) is 30.5 Å². The molecule has 17 heavy (non-hydrogen) atoms. The first-order chi connectivity index (χ1) is 7.33. The molecular formula is C12H26N2NaO2+. The van der Waals surface area contributed by atoms with Crippen molar-refractivity contribution in [1.29, 1.82) is 0 Å². The minimum Gasteiger partial charge on any atom is -0.488 e. The van der Waals surface area contributed by atoms with Crippen molar-refractivity contribution in [1.82, 2.24) is 4.90 Å². The fourth-order valence-corrected chi connectivity index (χ4v) is 1.61. The summed E-state index contributed by atoms with van der Waals surface area (Å²) < 4.78 is 5.79. The molecule has 0 unspecified atom stereocenters. The maximum absolute atomic E-state index is 10.5. The number of rotatable bonds is 8. The summed E-state index contributed by atoms with van der Waals surface area (Å²) >= 11 is 0. The van der Waals surface area contributed by atoms with Crippen molar-refractivity contribution in [3.8, 4) is 0 Å². The second-order valence-electron chi connectivity index (χ2n) is 5.11. The summed E-state index contributed by atoms with van der Waals surface area (Å²) in [5, 5.41) is 0. The van der Waals surface area contributed by atoms with Gasteiger partial charge in [-0.15, -0.1) is 0 Å². The molecule has 0 N–H and O–H groups in total. The number of quaternary nitrogens is 1. The van der Waals surface area contributed by atoms with Crippen LogP contribution in [-0.2, 0) is 9.53 Å². The van der Waals surface area contributed by atoms with Crippen LogP contribution < -0.4 is 29.6 Å². The van der Waals surface area contributed by atoms with Gasteiger partial charge in [-0.05, 0) is 14.1 Å². The fraction of sp³-hybridized carbons (Fsp3) is 0.833. The number of hydrogen-bond acceptors (Lipinski definition) is 3. The van der Waals surface area contributed by atoms with Crippen molar-refractivity contribution in [2.45, 2.75) is 12.8 Å². The average Bonchev–Trinajstić information content (AvgIpc) is 2.11. The Morgan fingerprint density at radius 3 is 2.24 bits per heavy atom. The summed E-state index contributed by atoms with van der Waals surface area (Å²) in [5.74, 6) is -0.432. The Balaban J connectivity index is 0. The third-order valence-electron chi connectivity index (χ3n) is 2.54. The van der Waals surface area contributed by atoms with Crippen LogP contribution in [0.1, 0.15) is 12.8 Å². The number of nitrogens with zero attached hydrogens (tertiary/aromatic N) is 2. The van der Waals surface area contributed by atoms with Crippen LogP contribution in [0.2, 0.25) is 0 Å². The smallest absolute Gasteiger partial charge is 0.488 e. The molecule has 4 nitrogen and oxygen atoms in total. The molecule has 0 aliphatic heterocycles. The molecule has 0 atom stereocenters. The predicted octanol–water partition coefficient (Wildman–Crippen LogP) is -2.21. The Morgan fingerprint density at radius 1 is 1.24 bits per heavy atom. The summed E-state index contributed by atoms with van der Waals surface area (Å²) in [7, 11) is 8.60. The number of hydrogen-bond donors (Lipinski definition) is 0. The Bertz CT molecular complexity index is 209. The van der Waals surface area contributed by atoms with E-state index in [1.54, 1.807) is 0 Å². The van der Waals surface area contributed by atoms with Gasteiger partial charge in [0.05, 0.1) is 33.8 Å². The van der Waals surface area contributed by atoms with Gasteiger partial charge in [0, 0.05) is 19.4 Å². The first kappa shape index (κ1) is 19.6. The van der Waals surface area contributed by atoms with Gasteiger partial charge in [0.25, 0.3) is 0 Å². The summed E-state index contributed by atoms with van der Waals surface area (Å²) in [4.78, 5) is 12.7. The van der Waals surface area contributed by atoms with Crippen LogP contribution in [0.15, 0.2) is 0 Å². The van der Waals surface area contributed by atoms with Crippen LogP contribution in [0.5, 0.6) is 0 Å². The van der Waals surface area contributed by atoms with Crippen molar-refractivity contribution >= 4 is 5.97 Å². The molecule has 0 aromatic heterocycles. The zero-order chi connectivity index (χ0) is 12.6. The first-order valence-electron chi connectivity index (χ1n) is 5.79. The van der Waals surface area contributed by atoms with Gasteiger partial charge in [-0.25, -0.2) is 0 Å². The number of carbonyl (C=O) groups excluding carboxylic acids is 1. The normalized spacial score (nSPS) is 11.1. The summed E-state index contributed by atoms with van der Waals surface area (Å²) in [6.45, 7) is 6.95. The Kier molecular flexibility index (Phi) is 11.8. The summed E-state index contributed by atoms with van der Waals surface area (Å²) in [6.07, 6.45) is 2.09. The van der Waals surface area contributed by atoms with Gasteiger partial charge in [-0.2, -0.15) is 0 Å². The van der Waals surface area contributed by atoms with E-state index in [-0.39, 0.29) is 29.6 Å². The van der Waals surface area contributed by atoms with Gasteiger partial charge in [0.2, 0.25) is 0 Å². The molecule has 5 heteroatoms. The monoisotopic (exact) mass is 253 g/mol. The second kappa shape index (κ2) is 10.2. The van der Waals surface area contributed by atoms with E-state index in [0.29, 0.717) is 6.61 Å². The molecule has 0 saturated carbocycles. The van der Waals surface area contributed by atoms with Crippen molar-refractivity contribution in [2.75, 3.05) is 54.4 Å². The van der Waals surface area contributed by atoms with E-state index in [1.807, 2.05) is 0 Å². The molecule has 0 bridgehead atoms. The molecule has 0 rings (SSSR count). The predicted molar refractivity (Wildman–Crippen MR) is 65.9 cm³/mol. The van der Waals surface area contributed by atoms with E-state index in [4.69, 9.17) is 4.74 Å². The molecule has 0 aliphatic rings. The van der Waals surface area contributed by atoms with Gasteiger partial charge in [-0.3, -0.25) is 11.7 Å². The average molecular weight is 253 g/mol. The van der Waals surface area contributed by atoms with Gasteiger partial charge in [-0.1, -0.05) is 0 Å². The van der Waals surface area contributed by atoms with Crippen molar-refractivity contribution in [2.24, 2.45) is 0 Å². The maximum atomic E-state index is 10.5. The van der Waals surface area contributed by atoms with E-state index in [2.05, 4.69) is 40.0 Å². The number of carbonyl (C=O) groups is 1. The molecule has 0 aliphatic carbocycles. The molecule has 0 aromatic carbocycles. The quantitative estimate of drug-likeness (QED) is 0.161. The largest absolute Gasteiger partial charge is 1.00 e. The summed E-state index contributed by atoms with van der Waals surface area (Å²) in [5.41, 5.74) is 0. The minimum atomic E-state index is -0.432. The Hall–Kier alpha value is 0.260. The molecule has 0 saturated heterocycles. The Labute approximate surface area is 128 Å². The topological polar surface area (TPSA) is 29.5 Å². The van der Waals surface area contributed by atoms with Crippen LogP contribution in [0, 0.1) is 6.92 Å². The van der Waals surface area contributed by atoms with Gasteiger partial charge in [0.1, 0.15) is 0 Å². The minimum absolute atomic E-state index is 0. The molecule has 0 spiro atoms. The van der Waals surface area contributed by atoms with E-state index >= 15 is 0 Å². The molecule has 0 amide bonds. The van der Waals surface area contributed by atoms with Crippen LogP contribution >= 0.6 is 0 Å². The van der Waals surface area contributed by atoms with Crippen molar-refractivity contribution < 1.29 is 43.6 Å². The maximum Gasteiger partial charge on any atom is 1.00 e. The van der Waals surface area contributed by atoms with Crippen LogP contribution in [-0.4, -0.2) is 69.8 Å². The standard InChI is InChI=1S/C12H26N2O2.Na/c1-12(15)16-11-7-10-14(4,5)9-6-8-13(2)3;/h1,6-11H2,2-5H3;/q;+1. The molecule has 0 fully saturated rings. The van der Waals surface area contributed by atoms with E-state index in [9.17, 15) is 4.79 Å². The van der Waals surface area contributed by atoms with E-state index in [1.165, 1.54) is 6.42 Å². The molecule has 0 aromatic rings. The van der Waals surface area contributed by atoms with Crippen molar-refractivity contribution in [3.05, 3.63) is 6.92 Å². The number of esters is 1. The summed E-state index contributed by atoms with van der Waals surface area (Å²) in [6, 6.07) is 0. The fourth-order valence-electron chi connectivity index (χ4n) is 1.61. The molecule has 0 heterocycles. The zero-order valence-electron chi connectivity index (χ0n) is 12.2. The Morgan fingerprint density at radius 2 is 1.76 bits per heavy atom. The number of ether oxygens (including phenoxy) is 1. The molecule has 0 radical (unpaired) electrons. The van der Waals surface area contributed by atoms with E-state index < -0.39 is 5.97 Å². The van der Waals surface area contributed by atoms with Gasteiger partial charge >= 0.3 is 29.6 Å². The van der Waals surface area contributed by atoms with Gasteiger partial charge in [0.15, 0.2) is 5.97 Å². The zero-order valence-corrected chi connectivity index (χ0v) is 14.2. The molecular weight excluding hydrogens is 227 g/mol. The third kappa shape index (κ3) is 14.2. The molecule has 96 valence electrons. The van der Waals surface area contributed by atoms with Crippen molar-refractivity contribution in [3.63, 3.8) is 0 Å².